The molecule has 6 heteroatoms. The first-order valence-corrected chi connectivity index (χ1v) is 11.6. The zero-order valence-corrected chi connectivity index (χ0v) is 19.1. The molecule has 33 heavy (non-hydrogen) atoms. The Morgan fingerprint density at radius 2 is 1.64 bits per heavy atom. The standard InChI is InChI=1S/C27H28N4O2/c1-18-17-23-26(30-15-7-4-8-16-30)25(21-9-5-3-6-10-21)29-31(23)27(33)24(18)20-11-13-22(14-12-20)28-19(2)32/h3,5-6,9-14H,4,7-8,15-17H2,1-2H3,(H,28,32). The predicted molar refractivity (Wildman–Crippen MR) is 131 cm³/mol. The Bertz CT molecular complexity index is 1230. The summed E-state index contributed by atoms with van der Waals surface area (Å²) >= 11 is 0. The van der Waals surface area contributed by atoms with Crippen molar-refractivity contribution in [2.24, 2.45) is 0 Å². The summed E-state index contributed by atoms with van der Waals surface area (Å²) in [7, 11) is 0. The molecule has 168 valence electrons. The predicted octanol–water partition coefficient (Wildman–Crippen LogP) is 5.17. The van der Waals surface area contributed by atoms with Gasteiger partial charge in [-0.05, 0) is 43.9 Å². The molecular formula is C27H28N4O2. The third-order valence-electron chi connectivity index (χ3n) is 6.43. The zero-order valence-electron chi connectivity index (χ0n) is 19.1. The van der Waals surface area contributed by atoms with Crippen molar-refractivity contribution in [3.8, 4) is 11.3 Å². The highest BCUT2D eigenvalue weighted by Crippen LogP contribution is 2.40. The maximum atomic E-state index is 13.7. The van der Waals surface area contributed by atoms with Gasteiger partial charge < -0.3 is 10.2 Å². The van der Waals surface area contributed by atoms with Crippen LogP contribution in [-0.2, 0) is 11.2 Å². The Labute approximate surface area is 193 Å². The molecule has 5 rings (SSSR count). The van der Waals surface area contributed by atoms with E-state index in [1.165, 1.54) is 13.3 Å². The molecule has 1 N–H and O–H groups in total. The van der Waals surface area contributed by atoms with Gasteiger partial charge in [0, 0.05) is 43.3 Å². The van der Waals surface area contributed by atoms with E-state index in [-0.39, 0.29) is 11.8 Å². The second-order valence-electron chi connectivity index (χ2n) is 8.87. The lowest BCUT2D eigenvalue weighted by molar-refractivity contribution is -0.114. The van der Waals surface area contributed by atoms with E-state index in [2.05, 4.69) is 22.3 Å². The molecule has 2 aliphatic rings. The van der Waals surface area contributed by atoms with Gasteiger partial charge >= 0.3 is 0 Å². The Morgan fingerprint density at radius 1 is 0.939 bits per heavy atom. The molecule has 1 aromatic heterocycles. The summed E-state index contributed by atoms with van der Waals surface area (Å²) in [6, 6.07) is 17.6. The van der Waals surface area contributed by atoms with Gasteiger partial charge in [0.15, 0.2) is 0 Å². The summed E-state index contributed by atoms with van der Waals surface area (Å²) in [5, 5.41) is 7.65. The maximum absolute atomic E-state index is 13.7. The minimum atomic E-state index is -0.119. The molecule has 0 saturated carbocycles. The van der Waals surface area contributed by atoms with Crippen LogP contribution in [0.4, 0.5) is 11.4 Å². The fraction of sp³-hybridized carbons (Fsp3) is 0.296. The molecule has 1 fully saturated rings. The molecule has 0 bridgehead atoms. The van der Waals surface area contributed by atoms with Crippen LogP contribution in [0.1, 0.15) is 49.2 Å². The highest BCUT2D eigenvalue weighted by Gasteiger charge is 2.33. The van der Waals surface area contributed by atoms with Crippen LogP contribution in [0.3, 0.4) is 0 Å². The fourth-order valence-electron chi connectivity index (χ4n) is 4.93. The number of hydrogen-bond acceptors (Lipinski definition) is 4. The highest BCUT2D eigenvalue weighted by atomic mass is 16.2. The number of fused-ring (bicyclic) bond motifs is 1. The average Bonchev–Trinajstić information content (AvgIpc) is 3.20. The lowest BCUT2D eigenvalue weighted by Crippen LogP contribution is -2.31. The fourth-order valence-corrected chi connectivity index (χ4v) is 4.93. The summed E-state index contributed by atoms with van der Waals surface area (Å²) in [5.74, 6) is -0.215. The summed E-state index contributed by atoms with van der Waals surface area (Å²) in [6.07, 6.45) is 4.25. The van der Waals surface area contributed by atoms with Crippen molar-refractivity contribution >= 4 is 28.8 Å². The molecule has 6 nitrogen and oxygen atoms in total. The topological polar surface area (TPSA) is 67.2 Å². The minimum absolute atomic E-state index is 0.0959. The largest absolute Gasteiger partial charge is 0.368 e. The number of carbonyl (C=O) groups excluding carboxylic acids is 2. The van der Waals surface area contributed by atoms with Crippen LogP contribution in [0.2, 0.25) is 0 Å². The van der Waals surface area contributed by atoms with E-state index in [4.69, 9.17) is 5.10 Å². The third kappa shape index (κ3) is 3.97. The van der Waals surface area contributed by atoms with Crippen molar-refractivity contribution in [3.63, 3.8) is 0 Å². The monoisotopic (exact) mass is 440 g/mol. The lowest BCUT2D eigenvalue weighted by Gasteiger charge is -2.30. The summed E-state index contributed by atoms with van der Waals surface area (Å²) < 4.78 is 1.62. The number of aromatic nitrogens is 2. The van der Waals surface area contributed by atoms with Crippen molar-refractivity contribution < 1.29 is 9.59 Å². The molecule has 0 atom stereocenters. The molecule has 0 aliphatic carbocycles. The van der Waals surface area contributed by atoms with Gasteiger partial charge in [-0.25, -0.2) is 0 Å². The molecule has 1 saturated heterocycles. The van der Waals surface area contributed by atoms with E-state index in [0.29, 0.717) is 17.7 Å². The maximum Gasteiger partial charge on any atom is 0.279 e. The Kier molecular flexibility index (Phi) is 5.58. The number of amides is 1. The molecule has 0 spiro atoms. The summed E-state index contributed by atoms with van der Waals surface area (Å²) in [5.41, 5.74) is 7.29. The Hall–Kier alpha value is -3.67. The van der Waals surface area contributed by atoms with E-state index < -0.39 is 0 Å². The van der Waals surface area contributed by atoms with Crippen LogP contribution in [-0.4, -0.2) is 34.7 Å². The van der Waals surface area contributed by atoms with Crippen LogP contribution in [0.15, 0.2) is 60.2 Å². The van der Waals surface area contributed by atoms with E-state index in [0.717, 1.165) is 59.7 Å². The van der Waals surface area contributed by atoms with Crippen LogP contribution in [0.25, 0.3) is 16.8 Å². The molecule has 2 aliphatic heterocycles. The van der Waals surface area contributed by atoms with Crippen LogP contribution < -0.4 is 10.2 Å². The SMILES string of the molecule is CC(=O)Nc1ccc(C2=C(C)Cc3c(N4CCCCC4)c(-c4ccccc4)nn3C2=O)cc1. The van der Waals surface area contributed by atoms with Gasteiger partial charge in [-0.1, -0.05) is 48.0 Å². The molecule has 1 amide bonds. The highest BCUT2D eigenvalue weighted by molar-refractivity contribution is 6.22. The molecule has 2 aromatic carbocycles. The van der Waals surface area contributed by atoms with Crippen molar-refractivity contribution in [1.29, 1.82) is 0 Å². The van der Waals surface area contributed by atoms with Crippen molar-refractivity contribution in [2.45, 2.75) is 39.5 Å². The van der Waals surface area contributed by atoms with Gasteiger partial charge in [0.25, 0.3) is 5.91 Å². The van der Waals surface area contributed by atoms with Gasteiger partial charge in [0.1, 0.15) is 5.69 Å². The quantitative estimate of drug-likeness (QED) is 0.608. The molecular weight excluding hydrogens is 412 g/mol. The zero-order chi connectivity index (χ0) is 22.9. The van der Waals surface area contributed by atoms with Crippen molar-refractivity contribution in [3.05, 3.63) is 71.4 Å². The first-order valence-electron chi connectivity index (χ1n) is 11.6. The Morgan fingerprint density at radius 3 is 2.30 bits per heavy atom. The molecule has 3 heterocycles. The van der Waals surface area contributed by atoms with Crippen LogP contribution >= 0.6 is 0 Å². The van der Waals surface area contributed by atoms with E-state index in [1.807, 2.05) is 49.4 Å². The van der Waals surface area contributed by atoms with Gasteiger partial charge in [0.05, 0.1) is 11.4 Å². The summed E-state index contributed by atoms with van der Waals surface area (Å²) in [4.78, 5) is 27.5. The molecule has 0 unspecified atom stereocenters. The van der Waals surface area contributed by atoms with Gasteiger partial charge in [-0.2, -0.15) is 9.78 Å². The number of nitrogens with one attached hydrogen (secondary N) is 1. The second-order valence-corrected chi connectivity index (χ2v) is 8.87. The number of piperidine rings is 1. The van der Waals surface area contributed by atoms with Gasteiger partial charge in [-0.15, -0.1) is 0 Å². The number of carbonyl (C=O) groups is 2. The average molecular weight is 441 g/mol. The molecule has 0 radical (unpaired) electrons. The lowest BCUT2D eigenvalue weighted by atomic mass is 9.93. The van der Waals surface area contributed by atoms with Crippen molar-refractivity contribution in [1.82, 2.24) is 9.78 Å². The smallest absolute Gasteiger partial charge is 0.279 e. The summed E-state index contributed by atoms with van der Waals surface area (Å²) in [6.45, 7) is 5.50. The van der Waals surface area contributed by atoms with Crippen LogP contribution in [0.5, 0.6) is 0 Å². The van der Waals surface area contributed by atoms with Gasteiger partial charge in [0.2, 0.25) is 5.91 Å². The van der Waals surface area contributed by atoms with Crippen LogP contribution in [0, 0.1) is 0 Å². The number of hydrogen-bond donors (Lipinski definition) is 1. The number of rotatable bonds is 4. The Balaban J connectivity index is 1.58. The third-order valence-corrected chi connectivity index (χ3v) is 6.43. The van der Waals surface area contributed by atoms with E-state index >= 15 is 0 Å². The first kappa shape index (κ1) is 21.2. The first-order chi connectivity index (χ1) is 16.0. The van der Waals surface area contributed by atoms with Crippen molar-refractivity contribution in [2.75, 3.05) is 23.3 Å². The van der Waals surface area contributed by atoms with Gasteiger partial charge in [-0.3, -0.25) is 9.59 Å². The molecule has 3 aromatic rings. The number of anilines is 2. The normalized spacial score (nSPS) is 16.1. The van der Waals surface area contributed by atoms with E-state index in [9.17, 15) is 9.59 Å². The number of benzene rings is 2. The second kappa shape index (κ2) is 8.70. The van der Waals surface area contributed by atoms with E-state index in [1.54, 1.807) is 4.68 Å². The number of allylic oxidation sites excluding steroid dienone is 2. The number of nitrogens with zero attached hydrogens (tertiary/aromatic N) is 3. The minimum Gasteiger partial charge on any atom is -0.368 e.